The molecule has 0 aliphatic carbocycles. The van der Waals surface area contributed by atoms with Crippen molar-refractivity contribution < 1.29 is 13.2 Å². The fraction of sp³-hybridized carbons (Fsp3) is 0.0323. The number of fused-ring (bicyclic) bond motifs is 1. The van der Waals surface area contributed by atoms with Crippen LogP contribution in [0.1, 0.15) is 17.3 Å². The third-order valence-electron chi connectivity index (χ3n) is 6.26. The minimum absolute atomic E-state index is 0.131. The van der Waals surface area contributed by atoms with Crippen molar-refractivity contribution in [2.45, 2.75) is 6.92 Å². The number of carbonyl (C=O) groups is 1. The SMILES string of the molecule is C=C/C=C\C(=C/C)S(=O)(=O)n1ccc2cc(-c3cc(Nc4cccc(NC(=O)c5ccc(N)cc5)c4)ncn3)cnc21. The van der Waals surface area contributed by atoms with E-state index in [-0.39, 0.29) is 10.8 Å². The molecule has 0 radical (unpaired) electrons. The van der Waals surface area contributed by atoms with Crippen molar-refractivity contribution in [3.05, 3.63) is 127 Å². The van der Waals surface area contributed by atoms with Gasteiger partial charge >= 0.3 is 0 Å². The number of pyridine rings is 1. The number of benzene rings is 2. The third kappa shape index (κ3) is 5.96. The predicted octanol–water partition coefficient (Wildman–Crippen LogP) is 5.90. The quantitative estimate of drug-likeness (QED) is 0.145. The number of allylic oxidation sites excluding steroid dienone is 4. The monoisotopic (exact) mass is 577 g/mol. The van der Waals surface area contributed by atoms with Crippen LogP contribution in [0.25, 0.3) is 22.3 Å². The van der Waals surface area contributed by atoms with Crippen molar-refractivity contribution in [3.8, 4) is 11.3 Å². The second-order valence-electron chi connectivity index (χ2n) is 9.11. The molecular weight excluding hydrogens is 550 g/mol. The van der Waals surface area contributed by atoms with E-state index in [4.69, 9.17) is 5.73 Å². The Balaban J connectivity index is 1.36. The van der Waals surface area contributed by atoms with Crippen LogP contribution in [0, 0.1) is 0 Å². The lowest BCUT2D eigenvalue weighted by Gasteiger charge is -2.10. The maximum absolute atomic E-state index is 13.2. The standard InChI is InChI=1S/C31H27N7O3S/c1-3-5-9-27(4-2)42(40,41)38-15-14-22-16-23(19-33-30(22)38)28-18-29(35-20-34-28)36-25-7-6-8-26(17-25)37-31(39)21-10-12-24(32)13-11-21/h3-20H,1,32H2,2H3,(H,37,39)(H,34,35,36)/b9-5-,27-4+. The summed E-state index contributed by atoms with van der Waals surface area (Å²) in [6.45, 7) is 5.25. The Morgan fingerprint density at radius 2 is 1.79 bits per heavy atom. The Bertz CT molecular complexity index is 1960. The number of nitrogens with zero attached hydrogens (tertiary/aromatic N) is 4. The molecule has 0 atom stereocenters. The molecule has 0 aliphatic rings. The number of hydrogen-bond donors (Lipinski definition) is 3. The Morgan fingerprint density at radius 3 is 2.55 bits per heavy atom. The van der Waals surface area contributed by atoms with E-state index >= 15 is 0 Å². The molecule has 0 unspecified atom stereocenters. The molecule has 3 aromatic heterocycles. The normalized spacial score (nSPS) is 12.0. The number of hydrogen-bond acceptors (Lipinski definition) is 8. The highest BCUT2D eigenvalue weighted by molar-refractivity contribution is 7.94. The number of anilines is 4. The zero-order valence-electron chi connectivity index (χ0n) is 22.6. The highest BCUT2D eigenvalue weighted by Crippen LogP contribution is 2.27. The van der Waals surface area contributed by atoms with Gasteiger partial charge in [0.15, 0.2) is 5.65 Å². The topological polar surface area (TPSA) is 145 Å². The van der Waals surface area contributed by atoms with Crippen LogP contribution in [0.2, 0.25) is 0 Å². The highest BCUT2D eigenvalue weighted by atomic mass is 32.2. The average molecular weight is 578 g/mol. The Kier molecular flexibility index (Phi) is 7.93. The summed E-state index contributed by atoms with van der Waals surface area (Å²) in [7, 11) is -3.84. The minimum atomic E-state index is -3.84. The van der Waals surface area contributed by atoms with Crippen LogP contribution >= 0.6 is 0 Å². The van der Waals surface area contributed by atoms with Gasteiger partial charge in [0.2, 0.25) is 0 Å². The van der Waals surface area contributed by atoms with Crippen molar-refractivity contribution in [2.75, 3.05) is 16.4 Å². The molecule has 5 aromatic rings. The van der Waals surface area contributed by atoms with Gasteiger partial charge in [-0.25, -0.2) is 27.3 Å². The Labute approximate surface area is 243 Å². The van der Waals surface area contributed by atoms with E-state index in [0.29, 0.717) is 50.7 Å². The molecule has 1 amide bonds. The highest BCUT2D eigenvalue weighted by Gasteiger charge is 2.20. The predicted molar refractivity (Wildman–Crippen MR) is 167 cm³/mol. The van der Waals surface area contributed by atoms with Crippen LogP contribution in [0.3, 0.4) is 0 Å². The van der Waals surface area contributed by atoms with E-state index in [9.17, 15) is 13.2 Å². The molecular formula is C31H27N7O3S. The van der Waals surface area contributed by atoms with Crippen LogP contribution < -0.4 is 16.4 Å². The number of amides is 1. The van der Waals surface area contributed by atoms with E-state index in [1.54, 1.807) is 67.7 Å². The van der Waals surface area contributed by atoms with E-state index in [1.807, 2.05) is 18.2 Å². The van der Waals surface area contributed by atoms with Crippen molar-refractivity contribution in [3.63, 3.8) is 0 Å². The summed E-state index contributed by atoms with van der Waals surface area (Å²) in [5.74, 6) is 0.269. The van der Waals surface area contributed by atoms with E-state index in [0.717, 1.165) is 3.97 Å². The second kappa shape index (κ2) is 11.9. The van der Waals surface area contributed by atoms with Gasteiger partial charge in [0.1, 0.15) is 12.1 Å². The maximum Gasteiger partial charge on any atom is 0.269 e. The Hall–Kier alpha value is -5.55. The molecule has 3 heterocycles. The first kappa shape index (κ1) is 28.0. The molecule has 210 valence electrons. The van der Waals surface area contributed by atoms with Gasteiger partial charge < -0.3 is 16.4 Å². The lowest BCUT2D eigenvalue weighted by atomic mass is 10.1. The molecule has 0 bridgehead atoms. The number of nitrogens with one attached hydrogen (secondary N) is 2. The van der Waals surface area contributed by atoms with Crippen molar-refractivity contribution in [1.29, 1.82) is 0 Å². The number of carbonyl (C=O) groups excluding carboxylic acids is 1. The maximum atomic E-state index is 13.2. The second-order valence-corrected chi connectivity index (χ2v) is 10.9. The van der Waals surface area contributed by atoms with Crippen LogP contribution in [0.15, 0.2) is 121 Å². The van der Waals surface area contributed by atoms with Gasteiger partial charge in [-0.05, 0) is 67.6 Å². The fourth-order valence-corrected chi connectivity index (χ4v) is 5.56. The molecule has 42 heavy (non-hydrogen) atoms. The first-order chi connectivity index (χ1) is 20.3. The third-order valence-corrected chi connectivity index (χ3v) is 8.04. The summed E-state index contributed by atoms with van der Waals surface area (Å²) in [6, 6.07) is 19.2. The van der Waals surface area contributed by atoms with Gasteiger partial charge in [-0.15, -0.1) is 0 Å². The number of rotatable bonds is 9. The lowest BCUT2D eigenvalue weighted by Crippen LogP contribution is -2.13. The average Bonchev–Trinajstić information content (AvgIpc) is 3.42. The summed E-state index contributed by atoms with van der Waals surface area (Å²) < 4.78 is 27.5. The largest absolute Gasteiger partial charge is 0.399 e. The zero-order valence-corrected chi connectivity index (χ0v) is 23.4. The molecule has 5 rings (SSSR count). The molecule has 0 saturated heterocycles. The van der Waals surface area contributed by atoms with Gasteiger partial charge in [-0.1, -0.05) is 30.9 Å². The number of nitrogen functional groups attached to an aromatic ring is 1. The summed E-state index contributed by atoms with van der Waals surface area (Å²) in [5.41, 5.74) is 9.67. The molecule has 10 nitrogen and oxygen atoms in total. The summed E-state index contributed by atoms with van der Waals surface area (Å²) in [4.78, 5) is 25.9. The van der Waals surface area contributed by atoms with Crippen molar-refractivity contribution in [2.24, 2.45) is 0 Å². The number of nitrogens with two attached hydrogens (primary N) is 1. The molecule has 4 N–H and O–H groups in total. The van der Waals surface area contributed by atoms with Gasteiger partial charge in [-0.2, -0.15) is 0 Å². The number of aromatic nitrogens is 4. The van der Waals surface area contributed by atoms with Crippen LogP contribution in [0.5, 0.6) is 0 Å². The van der Waals surface area contributed by atoms with Gasteiger partial charge in [0, 0.05) is 52.0 Å². The molecule has 2 aromatic carbocycles. The Morgan fingerprint density at radius 1 is 1.00 bits per heavy atom. The van der Waals surface area contributed by atoms with E-state index in [1.165, 1.54) is 30.8 Å². The lowest BCUT2D eigenvalue weighted by molar-refractivity contribution is 0.102. The first-order valence-corrected chi connectivity index (χ1v) is 14.3. The first-order valence-electron chi connectivity index (χ1n) is 12.8. The van der Waals surface area contributed by atoms with Crippen LogP contribution in [-0.4, -0.2) is 33.2 Å². The molecule has 0 fully saturated rings. The molecule has 11 heteroatoms. The molecule has 0 spiro atoms. The van der Waals surface area contributed by atoms with E-state index in [2.05, 4.69) is 32.2 Å². The van der Waals surface area contributed by atoms with E-state index < -0.39 is 10.0 Å². The van der Waals surface area contributed by atoms with Crippen LogP contribution in [0.4, 0.5) is 22.9 Å². The van der Waals surface area contributed by atoms with Crippen molar-refractivity contribution in [1.82, 2.24) is 18.9 Å². The minimum Gasteiger partial charge on any atom is -0.399 e. The fourth-order valence-electron chi connectivity index (χ4n) is 4.19. The summed E-state index contributed by atoms with van der Waals surface area (Å²) in [6.07, 6.45) is 10.6. The summed E-state index contributed by atoms with van der Waals surface area (Å²) in [5, 5.41) is 6.74. The van der Waals surface area contributed by atoms with Gasteiger partial charge in [-0.3, -0.25) is 4.79 Å². The molecule has 0 aliphatic heterocycles. The smallest absolute Gasteiger partial charge is 0.269 e. The van der Waals surface area contributed by atoms with Gasteiger partial charge in [0.05, 0.1) is 10.6 Å². The van der Waals surface area contributed by atoms with Crippen molar-refractivity contribution >= 4 is 49.8 Å². The van der Waals surface area contributed by atoms with Crippen LogP contribution in [-0.2, 0) is 10.0 Å². The zero-order chi connectivity index (χ0) is 29.7. The van der Waals surface area contributed by atoms with Gasteiger partial charge in [0.25, 0.3) is 15.9 Å². The summed E-state index contributed by atoms with van der Waals surface area (Å²) >= 11 is 0. The molecule has 0 saturated carbocycles.